The van der Waals surface area contributed by atoms with Crippen LogP contribution in [0.4, 0.5) is 0 Å². The van der Waals surface area contributed by atoms with Crippen molar-refractivity contribution in [3.63, 3.8) is 0 Å². The lowest BCUT2D eigenvalue weighted by molar-refractivity contribution is -0.131. The molecule has 0 heterocycles. The van der Waals surface area contributed by atoms with Gasteiger partial charge in [-0.15, -0.1) is 0 Å². The summed E-state index contributed by atoms with van der Waals surface area (Å²) in [4.78, 5) is 11.0. The van der Waals surface area contributed by atoms with Crippen LogP contribution < -0.4 is 0 Å². The first-order valence-corrected chi connectivity index (χ1v) is 7.72. The molecule has 0 aliphatic rings. The lowest BCUT2D eigenvalue weighted by Gasteiger charge is -2.12. The molecule has 1 N–H and O–H groups in total. The van der Waals surface area contributed by atoms with Crippen molar-refractivity contribution in [3.05, 3.63) is 75.3 Å². The Morgan fingerprint density at radius 3 is 2.32 bits per heavy atom. The Morgan fingerprint density at radius 2 is 1.73 bits per heavy atom. The van der Waals surface area contributed by atoms with Gasteiger partial charge in [-0.05, 0) is 59.4 Å². The third-order valence-corrected chi connectivity index (χ3v) is 3.89. The van der Waals surface area contributed by atoms with Crippen LogP contribution in [0.2, 0.25) is 10.0 Å². The second-order valence-electron chi connectivity index (χ2n) is 4.97. The van der Waals surface area contributed by atoms with E-state index in [0.717, 1.165) is 22.3 Å². The predicted molar refractivity (Wildman–Crippen MR) is 91.6 cm³/mol. The van der Waals surface area contributed by atoms with Gasteiger partial charge in [-0.3, -0.25) is 0 Å². The van der Waals surface area contributed by atoms with Gasteiger partial charge < -0.3 is 5.11 Å². The largest absolute Gasteiger partial charge is 0.478 e. The van der Waals surface area contributed by atoms with Crippen LogP contribution in [0.25, 0.3) is 5.57 Å². The van der Waals surface area contributed by atoms with E-state index in [1.165, 1.54) is 6.08 Å². The van der Waals surface area contributed by atoms with Crippen molar-refractivity contribution in [2.75, 3.05) is 0 Å². The first-order chi connectivity index (χ1) is 10.5. The summed E-state index contributed by atoms with van der Waals surface area (Å²) in [5.41, 5.74) is 3.80. The zero-order valence-electron chi connectivity index (χ0n) is 12.1. The summed E-state index contributed by atoms with van der Waals surface area (Å²) in [5.74, 6) is -0.950. The number of hydrogen-bond acceptors (Lipinski definition) is 1. The maximum atomic E-state index is 11.0. The third-order valence-electron chi connectivity index (χ3n) is 3.40. The van der Waals surface area contributed by atoms with Crippen molar-refractivity contribution < 1.29 is 9.90 Å². The van der Waals surface area contributed by atoms with Crippen molar-refractivity contribution in [2.24, 2.45) is 0 Å². The molecule has 0 aromatic heterocycles. The van der Waals surface area contributed by atoms with E-state index in [1.54, 1.807) is 0 Å². The summed E-state index contributed by atoms with van der Waals surface area (Å²) < 4.78 is 0. The zero-order chi connectivity index (χ0) is 16.1. The van der Waals surface area contributed by atoms with Gasteiger partial charge >= 0.3 is 5.97 Å². The highest BCUT2D eigenvalue weighted by Gasteiger charge is 2.10. The van der Waals surface area contributed by atoms with E-state index in [0.29, 0.717) is 22.9 Å². The molecule has 0 spiro atoms. The second-order valence-corrected chi connectivity index (χ2v) is 5.84. The fourth-order valence-electron chi connectivity index (χ4n) is 2.34. The molecule has 4 heteroatoms. The standard InChI is InChI=1S/C18H16Cl2O2/c1-2-13(10-18(21)22)17-11-16(20)8-5-14(17)9-12-3-6-15(19)7-4-12/h3-8,10-11H,2,9H2,1H3,(H,21,22)/b13-10+. The number of carboxylic acids is 1. The maximum absolute atomic E-state index is 11.0. The van der Waals surface area contributed by atoms with E-state index < -0.39 is 5.97 Å². The highest BCUT2D eigenvalue weighted by Crippen LogP contribution is 2.27. The summed E-state index contributed by atoms with van der Waals surface area (Å²) >= 11 is 12.0. The quantitative estimate of drug-likeness (QED) is 0.737. The third kappa shape index (κ3) is 4.36. The minimum absolute atomic E-state index is 0.597. The van der Waals surface area contributed by atoms with Crippen LogP contribution in [-0.2, 0) is 11.2 Å². The molecule has 0 aliphatic carbocycles. The zero-order valence-corrected chi connectivity index (χ0v) is 13.7. The van der Waals surface area contributed by atoms with Crippen LogP contribution in [0.3, 0.4) is 0 Å². The van der Waals surface area contributed by atoms with Gasteiger partial charge in [0.1, 0.15) is 0 Å². The number of carbonyl (C=O) groups is 1. The molecular weight excluding hydrogens is 319 g/mol. The second kappa shape index (κ2) is 7.48. The molecule has 0 radical (unpaired) electrons. The molecule has 0 fully saturated rings. The number of rotatable bonds is 5. The lowest BCUT2D eigenvalue weighted by atomic mass is 9.93. The van der Waals surface area contributed by atoms with Crippen molar-refractivity contribution in [1.82, 2.24) is 0 Å². The minimum atomic E-state index is -0.950. The Bertz CT molecular complexity index is 704. The topological polar surface area (TPSA) is 37.3 Å². The number of carboxylic acid groups (broad SMARTS) is 1. The van der Waals surface area contributed by atoms with Gasteiger partial charge in [0.25, 0.3) is 0 Å². The Hall–Kier alpha value is -1.77. The first-order valence-electron chi connectivity index (χ1n) is 6.96. The van der Waals surface area contributed by atoms with E-state index in [2.05, 4.69) is 0 Å². The van der Waals surface area contributed by atoms with Crippen molar-refractivity contribution in [1.29, 1.82) is 0 Å². The highest BCUT2D eigenvalue weighted by atomic mass is 35.5. The van der Waals surface area contributed by atoms with Crippen LogP contribution in [0, 0.1) is 0 Å². The summed E-state index contributed by atoms with van der Waals surface area (Å²) in [7, 11) is 0. The van der Waals surface area contributed by atoms with Gasteiger partial charge in [0.2, 0.25) is 0 Å². The summed E-state index contributed by atoms with van der Waals surface area (Å²) in [5, 5.41) is 10.3. The number of allylic oxidation sites excluding steroid dienone is 1. The average molecular weight is 335 g/mol. The van der Waals surface area contributed by atoms with Gasteiger partial charge in [-0.2, -0.15) is 0 Å². The van der Waals surface area contributed by atoms with Crippen molar-refractivity contribution >= 4 is 34.7 Å². The van der Waals surface area contributed by atoms with Gasteiger partial charge in [0, 0.05) is 16.1 Å². The fourth-order valence-corrected chi connectivity index (χ4v) is 2.64. The van der Waals surface area contributed by atoms with Crippen LogP contribution in [0.1, 0.15) is 30.0 Å². The number of aliphatic carboxylic acids is 1. The average Bonchev–Trinajstić information content (AvgIpc) is 2.48. The molecule has 2 aromatic carbocycles. The van der Waals surface area contributed by atoms with Crippen LogP contribution in [0.15, 0.2) is 48.5 Å². The lowest BCUT2D eigenvalue weighted by Crippen LogP contribution is -1.98. The minimum Gasteiger partial charge on any atom is -0.478 e. The monoisotopic (exact) mass is 334 g/mol. The summed E-state index contributed by atoms with van der Waals surface area (Å²) in [6.07, 6.45) is 2.57. The highest BCUT2D eigenvalue weighted by molar-refractivity contribution is 6.31. The van der Waals surface area contributed by atoms with Gasteiger partial charge in [-0.1, -0.05) is 48.3 Å². The van der Waals surface area contributed by atoms with Crippen LogP contribution in [0.5, 0.6) is 0 Å². The van der Waals surface area contributed by atoms with Gasteiger partial charge in [0.15, 0.2) is 0 Å². The van der Waals surface area contributed by atoms with Gasteiger partial charge in [0.05, 0.1) is 0 Å². The Morgan fingerprint density at radius 1 is 1.09 bits per heavy atom. The molecule has 0 aliphatic heterocycles. The number of benzene rings is 2. The Labute approximate surface area is 140 Å². The smallest absolute Gasteiger partial charge is 0.328 e. The molecule has 2 nitrogen and oxygen atoms in total. The Balaban J connectivity index is 2.43. The molecule has 0 saturated carbocycles. The molecule has 2 aromatic rings. The fraction of sp³-hybridized carbons (Fsp3) is 0.167. The number of hydrogen-bond donors (Lipinski definition) is 1. The molecule has 114 valence electrons. The van der Waals surface area contributed by atoms with Crippen molar-refractivity contribution in [2.45, 2.75) is 19.8 Å². The van der Waals surface area contributed by atoms with Crippen molar-refractivity contribution in [3.8, 4) is 0 Å². The molecular formula is C18H16Cl2O2. The maximum Gasteiger partial charge on any atom is 0.328 e. The molecule has 2 rings (SSSR count). The number of halogens is 2. The van der Waals surface area contributed by atoms with Gasteiger partial charge in [-0.25, -0.2) is 4.79 Å². The van der Waals surface area contributed by atoms with Crippen LogP contribution >= 0.6 is 23.2 Å². The van der Waals surface area contributed by atoms with E-state index >= 15 is 0 Å². The molecule has 0 unspecified atom stereocenters. The van der Waals surface area contributed by atoms with E-state index in [9.17, 15) is 4.79 Å². The SMILES string of the molecule is CC/C(=C\C(=O)O)c1cc(Cl)ccc1Cc1ccc(Cl)cc1. The predicted octanol–water partition coefficient (Wildman–Crippen LogP) is 5.46. The van der Waals surface area contributed by atoms with E-state index in [1.807, 2.05) is 49.4 Å². The molecule has 0 amide bonds. The summed E-state index contributed by atoms with van der Waals surface area (Å²) in [6, 6.07) is 13.2. The van der Waals surface area contributed by atoms with Crippen LogP contribution in [-0.4, -0.2) is 11.1 Å². The molecule has 22 heavy (non-hydrogen) atoms. The van der Waals surface area contributed by atoms with E-state index in [-0.39, 0.29) is 0 Å². The Kier molecular flexibility index (Phi) is 5.64. The first kappa shape index (κ1) is 16.6. The normalized spacial score (nSPS) is 11.5. The molecule has 0 atom stereocenters. The summed E-state index contributed by atoms with van der Waals surface area (Å²) in [6.45, 7) is 1.93. The van der Waals surface area contributed by atoms with E-state index in [4.69, 9.17) is 28.3 Å². The molecule has 0 bridgehead atoms. The molecule has 0 saturated heterocycles.